The van der Waals surface area contributed by atoms with Crippen LogP contribution in [0.1, 0.15) is 43.3 Å². The van der Waals surface area contributed by atoms with E-state index < -0.39 is 27.2 Å². The Balaban J connectivity index is 1.68. The number of likely N-dealkylation sites (tertiary alicyclic amines) is 1. The summed E-state index contributed by atoms with van der Waals surface area (Å²) in [5, 5.41) is -0.579. The number of primary amides is 1. The largest absolute Gasteiger partial charge is 0.473 e. The van der Waals surface area contributed by atoms with Gasteiger partial charge in [-0.15, -0.1) is 0 Å². The lowest BCUT2D eigenvalue weighted by Crippen LogP contribution is -2.36. The molecule has 10 heteroatoms. The van der Waals surface area contributed by atoms with E-state index in [0.29, 0.717) is 11.8 Å². The van der Waals surface area contributed by atoms with Gasteiger partial charge >= 0.3 is 10.1 Å². The number of nitrogens with zero attached hydrogens (tertiary/aromatic N) is 3. The van der Waals surface area contributed by atoms with Crippen molar-refractivity contribution in [3.8, 4) is 5.75 Å². The molecule has 2 unspecified atom stereocenters. The Hall–Kier alpha value is -3.21. The van der Waals surface area contributed by atoms with Crippen molar-refractivity contribution in [3.63, 3.8) is 0 Å². The maximum atomic E-state index is 12.3. The summed E-state index contributed by atoms with van der Waals surface area (Å²) >= 11 is 0. The van der Waals surface area contributed by atoms with E-state index in [-0.39, 0.29) is 11.2 Å². The van der Waals surface area contributed by atoms with E-state index in [1.165, 1.54) is 17.2 Å². The molecule has 0 saturated carbocycles. The minimum Gasteiger partial charge on any atom is -0.473 e. The Labute approximate surface area is 211 Å². The van der Waals surface area contributed by atoms with Crippen LogP contribution in [-0.4, -0.2) is 52.5 Å². The summed E-state index contributed by atoms with van der Waals surface area (Å²) < 4.78 is 39.7. The second kappa shape index (κ2) is 10.0. The fourth-order valence-corrected chi connectivity index (χ4v) is 5.41. The first-order valence-electron chi connectivity index (χ1n) is 11.8. The lowest BCUT2D eigenvalue weighted by atomic mass is 9.75. The quantitative estimate of drug-likeness (QED) is 0.422. The summed E-state index contributed by atoms with van der Waals surface area (Å²) in [6.07, 6.45) is 1.59. The minimum atomic E-state index is -4.55. The van der Waals surface area contributed by atoms with Crippen LogP contribution in [-0.2, 0) is 33.8 Å². The molecule has 1 fully saturated rings. The summed E-state index contributed by atoms with van der Waals surface area (Å²) in [5.41, 5.74) is 7.80. The second-order valence-electron chi connectivity index (χ2n) is 9.71. The Kier molecular flexibility index (Phi) is 7.21. The maximum Gasteiger partial charge on any atom is 0.313 e. The van der Waals surface area contributed by atoms with Crippen LogP contribution in [0.4, 0.5) is 0 Å². The van der Waals surface area contributed by atoms with Gasteiger partial charge in [0.05, 0.1) is 0 Å². The van der Waals surface area contributed by atoms with Crippen LogP contribution in [0.15, 0.2) is 65.8 Å². The van der Waals surface area contributed by atoms with Crippen molar-refractivity contribution in [2.24, 2.45) is 12.8 Å². The van der Waals surface area contributed by atoms with Gasteiger partial charge in [-0.3, -0.25) is 9.35 Å². The number of aromatic nitrogens is 2. The molecule has 0 spiro atoms. The van der Waals surface area contributed by atoms with Gasteiger partial charge in [0.25, 0.3) is 5.91 Å². The predicted octanol–water partition coefficient (Wildman–Crippen LogP) is 2.87. The molecule has 1 aliphatic rings. The van der Waals surface area contributed by atoms with E-state index in [9.17, 15) is 17.8 Å². The standard InChI is InChI=1S/C26H32N4O5S/c1-18(2)30-13-12-26(17-30,15-19-8-5-4-6-9-19)20-10-7-11-21(14-20)35-23(24(27)31)25-28-22(16-29(25)3)36(32,33)34/h4-11,14,16,18,23H,12-13,15,17H2,1-3H3,(H2,27,31)(H,32,33,34). The normalized spacial score (nSPS) is 19.5. The first-order chi connectivity index (χ1) is 17.0. The third kappa shape index (κ3) is 5.45. The number of hydrogen-bond donors (Lipinski definition) is 2. The Morgan fingerprint density at radius 1 is 1.19 bits per heavy atom. The van der Waals surface area contributed by atoms with Crippen LogP contribution in [0.2, 0.25) is 0 Å². The fraction of sp³-hybridized carbons (Fsp3) is 0.385. The van der Waals surface area contributed by atoms with Gasteiger partial charge in [0, 0.05) is 31.2 Å². The number of aryl methyl sites for hydroxylation is 1. The lowest BCUT2D eigenvalue weighted by molar-refractivity contribution is -0.125. The van der Waals surface area contributed by atoms with Crippen molar-refractivity contribution >= 4 is 16.0 Å². The number of ether oxygens (including phenoxy) is 1. The third-order valence-corrected chi connectivity index (χ3v) is 7.57. The molecule has 1 saturated heterocycles. The van der Waals surface area contributed by atoms with Gasteiger partial charge in [-0.2, -0.15) is 8.42 Å². The van der Waals surface area contributed by atoms with Crippen molar-refractivity contribution < 1.29 is 22.5 Å². The highest BCUT2D eigenvalue weighted by atomic mass is 32.2. The van der Waals surface area contributed by atoms with E-state index in [4.69, 9.17) is 10.5 Å². The zero-order valence-electron chi connectivity index (χ0n) is 20.7. The number of benzene rings is 2. The number of hydrogen-bond acceptors (Lipinski definition) is 6. The van der Waals surface area contributed by atoms with E-state index in [0.717, 1.165) is 37.7 Å². The number of carbonyl (C=O) groups is 1. The smallest absolute Gasteiger partial charge is 0.313 e. The highest BCUT2D eigenvalue weighted by molar-refractivity contribution is 7.85. The summed E-state index contributed by atoms with van der Waals surface area (Å²) in [6.45, 7) is 6.26. The molecular formula is C26H32N4O5S. The van der Waals surface area contributed by atoms with E-state index in [1.54, 1.807) is 6.07 Å². The van der Waals surface area contributed by atoms with Gasteiger partial charge in [0.1, 0.15) is 5.75 Å². The zero-order valence-corrected chi connectivity index (χ0v) is 21.5. The molecule has 2 heterocycles. The van der Waals surface area contributed by atoms with Crippen LogP contribution in [0.3, 0.4) is 0 Å². The third-order valence-electron chi connectivity index (χ3n) is 6.85. The van der Waals surface area contributed by atoms with Gasteiger partial charge < -0.3 is 19.9 Å². The van der Waals surface area contributed by atoms with Gasteiger partial charge in [-0.25, -0.2) is 4.98 Å². The molecule has 0 radical (unpaired) electrons. The molecule has 4 rings (SSSR count). The van der Waals surface area contributed by atoms with Crippen LogP contribution >= 0.6 is 0 Å². The first kappa shape index (κ1) is 25.9. The molecule has 3 aromatic rings. The Bertz CT molecular complexity index is 1340. The summed E-state index contributed by atoms with van der Waals surface area (Å²) in [4.78, 5) is 18.7. The van der Waals surface area contributed by atoms with Gasteiger partial charge in [-0.1, -0.05) is 42.5 Å². The van der Waals surface area contributed by atoms with Crippen molar-refractivity contribution in [3.05, 3.63) is 77.7 Å². The monoisotopic (exact) mass is 512 g/mol. The highest BCUT2D eigenvalue weighted by Gasteiger charge is 2.40. The fourth-order valence-electron chi connectivity index (χ4n) is 4.91. The number of rotatable bonds is 9. The zero-order chi connectivity index (χ0) is 26.1. The molecule has 2 aromatic carbocycles. The van der Waals surface area contributed by atoms with E-state index in [2.05, 4.69) is 41.9 Å². The maximum absolute atomic E-state index is 12.3. The lowest BCUT2D eigenvalue weighted by Gasteiger charge is -2.32. The molecule has 0 aliphatic carbocycles. The summed E-state index contributed by atoms with van der Waals surface area (Å²) in [7, 11) is -3.05. The van der Waals surface area contributed by atoms with E-state index in [1.807, 2.05) is 30.3 Å². The van der Waals surface area contributed by atoms with Crippen molar-refractivity contribution in [1.29, 1.82) is 0 Å². The highest BCUT2D eigenvalue weighted by Crippen LogP contribution is 2.40. The van der Waals surface area contributed by atoms with Crippen molar-refractivity contribution in [2.45, 2.75) is 49.3 Å². The van der Waals surface area contributed by atoms with Gasteiger partial charge in [-0.05, 0) is 56.5 Å². The molecule has 192 valence electrons. The second-order valence-corrected chi connectivity index (χ2v) is 11.1. The average molecular weight is 513 g/mol. The molecular weight excluding hydrogens is 480 g/mol. The topological polar surface area (TPSA) is 128 Å². The van der Waals surface area contributed by atoms with Crippen molar-refractivity contribution in [2.75, 3.05) is 13.1 Å². The summed E-state index contributed by atoms with van der Waals surface area (Å²) in [6, 6.07) is 18.4. The first-order valence-corrected chi connectivity index (χ1v) is 13.3. The average Bonchev–Trinajstić information content (AvgIpc) is 3.43. The molecule has 36 heavy (non-hydrogen) atoms. The number of amides is 1. The predicted molar refractivity (Wildman–Crippen MR) is 135 cm³/mol. The van der Waals surface area contributed by atoms with Crippen LogP contribution in [0.25, 0.3) is 0 Å². The SMILES string of the molecule is CC(C)N1CCC(Cc2ccccc2)(c2cccc(OC(C(N)=O)c3nc(S(=O)(=O)O)cn3C)c2)C1. The summed E-state index contributed by atoms with van der Waals surface area (Å²) in [5.74, 6) is -0.434. The van der Waals surface area contributed by atoms with Crippen molar-refractivity contribution in [1.82, 2.24) is 14.5 Å². The number of imidazole rings is 1. The molecule has 2 atom stereocenters. The molecule has 1 aromatic heterocycles. The van der Waals surface area contributed by atoms with Crippen LogP contribution < -0.4 is 10.5 Å². The van der Waals surface area contributed by atoms with Crippen LogP contribution in [0, 0.1) is 0 Å². The van der Waals surface area contributed by atoms with Gasteiger partial charge in [0.2, 0.25) is 11.1 Å². The number of carbonyl (C=O) groups excluding carboxylic acids is 1. The molecule has 3 N–H and O–H groups in total. The molecule has 0 bridgehead atoms. The van der Waals surface area contributed by atoms with Gasteiger partial charge in [0.15, 0.2) is 5.82 Å². The Morgan fingerprint density at radius 2 is 1.92 bits per heavy atom. The van der Waals surface area contributed by atoms with Crippen LogP contribution in [0.5, 0.6) is 5.75 Å². The molecule has 9 nitrogen and oxygen atoms in total. The minimum absolute atomic E-state index is 0.0219. The number of nitrogens with two attached hydrogens (primary N) is 1. The molecule has 1 amide bonds. The Morgan fingerprint density at radius 3 is 2.50 bits per heavy atom. The molecule has 1 aliphatic heterocycles. The van der Waals surface area contributed by atoms with E-state index >= 15 is 0 Å².